The fraction of sp³-hybridized carbons (Fsp3) is 0.333. The van der Waals surface area contributed by atoms with Crippen LogP contribution in [0.3, 0.4) is 0 Å². The Hall–Kier alpha value is -3.12. The summed E-state index contributed by atoms with van der Waals surface area (Å²) in [5.41, 5.74) is 2.62. The average molecular weight is 405 g/mol. The highest BCUT2D eigenvalue weighted by atomic mass is 16.2. The summed E-state index contributed by atoms with van der Waals surface area (Å²) in [6.07, 6.45) is 0. The summed E-state index contributed by atoms with van der Waals surface area (Å²) in [6, 6.07) is 20.6. The van der Waals surface area contributed by atoms with Crippen molar-refractivity contribution in [2.75, 3.05) is 61.9 Å². The van der Waals surface area contributed by atoms with E-state index in [1.54, 1.807) is 0 Å². The van der Waals surface area contributed by atoms with Crippen LogP contribution < -0.4 is 26.0 Å². The molecule has 1 N–H and O–H groups in total. The van der Waals surface area contributed by atoms with E-state index in [0.29, 0.717) is 17.9 Å². The number of para-hydroxylation sites is 1. The van der Waals surface area contributed by atoms with Crippen LogP contribution in [0.5, 0.6) is 0 Å². The van der Waals surface area contributed by atoms with Crippen molar-refractivity contribution < 1.29 is 0 Å². The largest absolute Gasteiger partial charge is 0.378 e. The zero-order valence-electron chi connectivity index (χ0n) is 17.5. The predicted molar refractivity (Wildman–Crippen MR) is 124 cm³/mol. The van der Waals surface area contributed by atoms with Crippen LogP contribution in [0.25, 0.3) is 0 Å². The van der Waals surface area contributed by atoms with Crippen molar-refractivity contribution in [3.63, 3.8) is 0 Å². The second-order valence-corrected chi connectivity index (χ2v) is 7.96. The van der Waals surface area contributed by atoms with E-state index in [4.69, 9.17) is 0 Å². The Labute approximate surface area is 177 Å². The Morgan fingerprint density at radius 1 is 0.833 bits per heavy atom. The molecular weight excluding hydrogens is 376 g/mol. The minimum Gasteiger partial charge on any atom is -0.378 e. The third kappa shape index (κ3) is 3.96. The molecule has 0 amide bonds. The van der Waals surface area contributed by atoms with Gasteiger partial charge < -0.3 is 20.0 Å². The van der Waals surface area contributed by atoms with Crippen LogP contribution in [0, 0.1) is 0 Å². The highest BCUT2D eigenvalue weighted by Crippen LogP contribution is 2.25. The summed E-state index contributed by atoms with van der Waals surface area (Å²) in [5, 5.41) is 3.28. The van der Waals surface area contributed by atoms with Gasteiger partial charge in [0, 0.05) is 38.4 Å². The molecule has 6 nitrogen and oxygen atoms in total. The lowest BCUT2D eigenvalue weighted by atomic mass is 10.1. The molecule has 0 aromatic heterocycles. The van der Waals surface area contributed by atoms with Gasteiger partial charge in [0.25, 0.3) is 10.9 Å². The molecule has 1 aliphatic heterocycles. The minimum absolute atomic E-state index is 0.110. The molecule has 0 spiro atoms. The Kier molecular flexibility index (Phi) is 5.86. The normalized spacial score (nSPS) is 15.6. The summed E-state index contributed by atoms with van der Waals surface area (Å²) < 4.78 is 0. The number of likely N-dealkylation sites (N-methyl/N-ethyl adjacent to an activating group) is 1. The summed E-state index contributed by atoms with van der Waals surface area (Å²) in [4.78, 5) is 31.1. The van der Waals surface area contributed by atoms with Crippen molar-refractivity contribution in [2.24, 2.45) is 0 Å². The third-order valence-electron chi connectivity index (χ3n) is 5.88. The highest BCUT2D eigenvalue weighted by molar-refractivity contribution is 5.75. The van der Waals surface area contributed by atoms with Crippen molar-refractivity contribution in [1.29, 1.82) is 0 Å². The minimum atomic E-state index is -0.402. The number of anilines is 3. The first-order valence-electron chi connectivity index (χ1n) is 10.4. The predicted octanol–water partition coefficient (Wildman–Crippen LogP) is 2.32. The van der Waals surface area contributed by atoms with E-state index in [9.17, 15) is 9.59 Å². The van der Waals surface area contributed by atoms with E-state index < -0.39 is 5.43 Å². The summed E-state index contributed by atoms with van der Waals surface area (Å²) in [7, 11) is 4.04. The molecule has 1 atom stereocenters. The van der Waals surface area contributed by atoms with Gasteiger partial charge in [-0.2, -0.15) is 0 Å². The lowest BCUT2D eigenvalue weighted by molar-refractivity contribution is 0.312. The van der Waals surface area contributed by atoms with Crippen LogP contribution in [0.15, 0.2) is 70.3 Å². The van der Waals surface area contributed by atoms with Gasteiger partial charge in [-0.3, -0.25) is 9.59 Å². The van der Waals surface area contributed by atoms with Gasteiger partial charge >= 0.3 is 0 Å². The molecule has 1 aliphatic rings. The van der Waals surface area contributed by atoms with Crippen molar-refractivity contribution in [1.82, 2.24) is 4.90 Å². The number of piperazine rings is 1. The monoisotopic (exact) mass is 404 g/mol. The van der Waals surface area contributed by atoms with Crippen LogP contribution in [-0.2, 0) is 0 Å². The van der Waals surface area contributed by atoms with Gasteiger partial charge in [0.1, 0.15) is 11.4 Å². The van der Waals surface area contributed by atoms with Crippen molar-refractivity contribution in [3.8, 4) is 0 Å². The molecule has 4 rings (SSSR count). The maximum atomic E-state index is 12.4. The van der Waals surface area contributed by atoms with Gasteiger partial charge in [0.05, 0.1) is 6.04 Å². The first-order chi connectivity index (χ1) is 14.6. The van der Waals surface area contributed by atoms with Crippen LogP contribution in [0.2, 0.25) is 0 Å². The topological polar surface area (TPSA) is 55.9 Å². The molecule has 30 heavy (non-hydrogen) atoms. The van der Waals surface area contributed by atoms with Crippen LogP contribution in [-0.4, -0.2) is 51.7 Å². The maximum Gasteiger partial charge on any atom is 0.253 e. The van der Waals surface area contributed by atoms with Gasteiger partial charge in [-0.15, -0.1) is 0 Å². The molecule has 3 aromatic carbocycles. The van der Waals surface area contributed by atoms with Crippen LogP contribution in [0.4, 0.5) is 17.1 Å². The van der Waals surface area contributed by atoms with Gasteiger partial charge in [-0.25, -0.2) is 0 Å². The molecule has 0 aliphatic carbocycles. The maximum absolute atomic E-state index is 12.4. The molecular formula is C24H28N4O2. The Bertz CT molecular complexity index is 1030. The van der Waals surface area contributed by atoms with Gasteiger partial charge in [-0.05, 0) is 31.8 Å². The summed E-state index contributed by atoms with van der Waals surface area (Å²) in [6.45, 7) is 3.67. The molecule has 6 heteroatoms. The van der Waals surface area contributed by atoms with E-state index in [0.717, 1.165) is 26.2 Å². The Morgan fingerprint density at radius 2 is 1.40 bits per heavy atom. The molecule has 3 aromatic rings. The second-order valence-electron chi connectivity index (χ2n) is 7.96. The Morgan fingerprint density at radius 3 is 2.00 bits per heavy atom. The van der Waals surface area contributed by atoms with E-state index in [1.807, 2.05) is 50.5 Å². The van der Waals surface area contributed by atoms with E-state index in [-0.39, 0.29) is 11.5 Å². The Balaban J connectivity index is 1.44. The second kappa shape index (κ2) is 8.71. The summed E-state index contributed by atoms with van der Waals surface area (Å²) >= 11 is 0. The lowest BCUT2D eigenvalue weighted by Crippen LogP contribution is -2.51. The van der Waals surface area contributed by atoms with Crippen molar-refractivity contribution >= 4 is 17.1 Å². The van der Waals surface area contributed by atoms with Crippen LogP contribution in [0.1, 0.15) is 11.6 Å². The number of hydrogen-bond acceptors (Lipinski definition) is 6. The van der Waals surface area contributed by atoms with Gasteiger partial charge in [-0.1, -0.05) is 48.5 Å². The molecule has 1 heterocycles. The highest BCUT2D eigenvalue weighted by Gasteiger charge is 2.29. The molecule has 0 radical (unpaired) electrons. The average Bonchev–Trinajstić information content (AvgIpc) is 2.79. The quantitative estimate of drug-likeness (QED) is 0.610. The lowest BCUT2D eigenvalue weighted by Gasteiger charge is -2.38. The van der Waals surface area contributed by atoms with E-state index in [1.165, 1.54) is 11.3 Å². The molecule has 1 fully saturated rings. The smallest absolute Gasteiger partial charge is 0.253 e. The molecule has 0 saturated carbocycles. The zero-order valence-corrected chi connectivity index (χ0v) is 17.5. The standard InChI is InChI=1S/C24H28N4O2/c1-26(2)20(18-9-5-3-6-10-18)17-25-21-22(24(30)23(21)29)28-15-13-27(14-16-28)19-11-7-4-8-12-19/h3-12,20,25H,13-17H2,1-2H3. The van der Waals surface area contributed by atoms with Crippen LogP contribution >= 0.6 is 0 Å². The first-order valence-corrected chi connectivity index (χ1v) is 10.4. The fourth-order valence-electron chi connectivity index (χ4n) is 4.14. The van der Waals surface area contributed by atoms with Crippen molar-refractivity contribution in [3.05, 3.63) is 86.7 Å². The first kappa shape index (κ1) is 20.2. The number of hydrogen-bond donors (Lipinski definition) is 1. The zero-order chi connectivity index (χ0) is 21.1. The molecule has 156 valence electrons. The number of nitrogens with one attached hydrogen (secondary N) is 1. The number of benzene rings is 2. The van der Waals surface area contributed by atoms with Crippen molar-refractivity contribution in [2.45, 2.75) is 6.04 Å². The van der Waals surface area contributed by atoms with E-state index in [2.05, 4.69) is 44.3 Å². The third-order valence-corrected chi connectivity index (χ3v) is 5.88. The number of rotatable bonds is 7. The summed E-state index contributed by atoms with van der Waals surface area (Å²) in [5.74, 6) is 0. The van der Waals surface area contributed by atoms with E-state index >= 15 is 0 Å². The molecule has 0 bridgehead atoms. The SMILES string of the molecule is CN(C)C(CNc1c(N2CCN(c3ccccc3)CC2)c(=O)c1=O)c1ccccc1. The number of nitrogens with zero attached hydrogens (tertiary/aromatic N) is 3. The van der Waals surface area contributed by atoms with Gasteiger partial charge in [0.2, 0.25) is 0 Å². The molecule has 1 unspecified atom stereocenters. The molecule has 1 saturated heterocycles. The van der Waals surface area contributed by atoms with Gasteiger partial charge in [0.15, 0.2) is 0 Å². The fourth-order valence-corrected chi connectivity index (χ4v) is 4.14.